The third-order valence-electron chi connectivity index (χ3n) is 6.05. The number of hydrogen-bond donors (Lipinski definition) is 1. The van der Waals surface area contributed by atoms with Gasteiger partial charge in [-0.2, -0.15) is 0 Å². The molecule has 1 fully saturated rings. The molecule has 174 valence electrons. The van der Waals surface area contributed by atoms with Gasteiger partial charge in [-0.15, -0.1) is 11.3 Å². The first-order valence-electron chi connectivity index (χ1n) is 11.6. The van der Waals surface area contributed by atoms with Crippen molar-refractivity contribution in [1.82, 2.24) is 10.2 Å². The van der Waals surface area contributed by atoms with E-state index in [0.717, 1.165) is 23.8 Å². The Morgan fingerprint density at radius 2 is 1.73 bits per heavy atom. The standard InChI is InChI=1S/C27H32N2O3S/c1-27(2,3)32-26(31)28-23(17-21-18-33-24-12-8-7-11-22(21)24)25(30)29-15-13-20(14-16-29)19-9-5-4-6-10-19/h4-12,18,20,23H,13-17H2,1-3H3,(H,28,31)/t23-/m1/s1. The highest BCUT2D eigenvalue weighted by molar-refractivity contribution is 7.17. The Bertz CT molecular complexity index is 1100. The topological polar surface area (TPSA) is 58.6 Å². The zero-order valence-electron chi connectivity index (χ0n) is 19.5. The van der Waals surface area contributed by atoms with Gasteiger partial charge in [-0.05, 0) is 67.5 Å². The van der Waals surface area contributed by atoms with Crippen molar-refractivity contribution in [3.05, 3.63) is 71.1 Å². The van der Waals surface area contributed by atoms with Crippen LogP contribution < -0.4 is 5.32 Å². The van der Waals surface area contributed by atoms with Gasteiger partial charge in [0, 0.05) is 24.2 Å². The predicted octanol–water partition coefficient (Wildman–Crippen LogP) is 5.74. The Hall–Kier alpha value is -2.86. The fourth-order valence-electron chi connectivity index (χ4n) is 4.44. The quantitative estimate of drug-likeness (QED) is 0.524. The van der Waals surface area contributed by atoms with Crippen LogP contribution in [0.2, 0.25) is 0 Å². The highest BCUT2D eigenvalue weighted by Gasteiger charge is 2.31. The number of rotatable bonds is 5. The minimum Gasteiger partial charge on any atom is -0.444 e. The van der Waals surface area contributed by atoms with E-state index in [9.17, 15) is 9.59 Å². The molecule has 1 aliphatic rings. The number of carbonyl (C=O) groups is 2. The number of ether oxygens (including phenoxy) is 1. The lowest BCUT2D eigenvalue weighted by molar-refractivity contribution is -0.134. The van der Waals surface area contributed by atoms with Gasteiger partial charge in [0.05, 0.1) is 0 Å². The van der Waals surface area contributed by atoms with Crippen LogP contribution in [0, 0.1) is 0 Å². The molecule has 3 aromatic rings. The van der Waals surface area contributed by atoms with Crippen molar-refractivity contribution in [2.24, 2.45) is 0 Å². The van der Waals surface area contributed by atoms with Crippen molar-refractivity contribution >= 4 is 33.4 Å². The largest absolute Gasteiger partial charge is 0.444 e. The molecule has 0 radical (unpaired) electrons. The van der Waals surface area contributed by atoms with Crippen molar-refractivity contribution in [3.63, 3.8) is 0 Å². The number of hydrogen-bond acceptors (Lipinski definition) is 4. The number of benzene rings is 2. The smallest absolute Gasteiger partial charge is 0.408 e. The van der Waals surface area contributed by atoms with Crippen molar-refractivity contribution in [2.75, 3.05) is 13.1 Å². The second-order valence-electron chi connectivity index (χ2n) is 9.67. The summed E-state index contributed by atoms with van der Waals surface area (Å²) in [6, 6.07) is 18.0. The second-order valence-corrected chi connectivity index (χ2v) is 10.6. The Kier molecular flexibility index (Phi) is 7.03. The summed E-state index contributed by atoms with van der Waals surface area (Å²) in [5, 5.41) is 6.09. The molecular weight excluding hydrogens is 432 g/mol. The molecule has 0 aliphatic carbocycles. The lowest BCUT2D eigenvalue weighted by atomic mass is 9.89. The number of thiophene rings is 1. The molecule has 1 N–H and O–H groups in total. The number of likely N-dealkylation sites (tertiary alicyclic amines) is 1. The average molecular weight is 465 g/mol. The third-order valence-corrected chi connectivity index (χ3v) is 7.06. The summed E-state index contributed by atoms with van der Waals surface area (Å²) in [6.07, 6.45) is 1.74. The fourth-order valence-corrected chi connectivity index (χ4v) is 5.42. The highest BCUT2D eigenvalue weighted by atomic mass is 32.1. The van der Waals surface area contributed by atoms with Gasteiger partial charge in [-0.25, -0.2) is 4.79 Å². The first-order valence-corrected chi connectivity index (χ1v) is 12.5. The van der Waals surface area contributed by atoms with Gasteiger partial charge in [-0.1, -0.05) is 48.5 Å². The van der Waals surface area contributed by atoms with Crippen LogP contribution in [0.1, 0.15) is 50.7 Å². The molecule has 1 aliphatic heterocycles. The number of amides is 2. The van der Waals surface area contributed by atoms with Crippen LogP contribution in [-0.2, 0) is 16.0 Å². The maximum Gasteiger partial charge on any atom is 0.408 e. The maximum atomic E-state index is 13.6. The average Bonchev–Trinajstić information content (AvgIpc) is 3.20. The van der Waals surface area contributed by atoms with E-state index < -0.39 is 17.7 Å². The van der Waals surface area contributed by atoms with Crippen molar-refractivity contribution < 1.29 is 14.3 Å². The molecule has 0 bridgehead atoms. The summed E-state index contributed by atoms with van der Waals surface area (Å²) in [5.74, 6) is 0.427. The van der Waals surface area contributed by atoms with Gasteiger partial charge < -0.3 is 15.0 Å². The molecule has 0 unspecified atom stereocenters. The van der Waals surface area contributed by atoms with Crippen LogP contribution in [-0.4, -0.2) is 41.6 Å². The zero-order valence-corrected chi connectivity index (χ0v) is 20.4. The monoisotopic (exact) mass is 464 g/mol. The summed E-state index contributed by atoms with van der Waals surface area (Å²) in [5.41, 5.74) is 1.78. The van der Waals surface area contributed by atoms with Crippen molar-refractivity contribution in [3.8, 4) is 0 Å². The summed E-state index contributed by atoms with van der Waals surface area (Å²) < 4.78 is 6.65. The van der Waals surface area contributed by atoms with Crippen LogP contribution in [0.5, 0.6) is 0 Å². The molecular formula is C27H32N2O3S. The van der Waals surface area contributed by atoms with Crippen LogP contribution in [0.4, 0.5) is 4.79 Å². The third kappa shape index (κ3) is 5.93. The van der Waals surface area contributed by atoms with E-state index in [1.807, 2.05) is 43.9 Å². The Balaban J connectivity index is 1.48. The predicted molar refractivity (Wildman–Crippen MR) is 134 cm³/mol. The molecule has 1 atom stereocenters. The molecule has 33 heavy (non-hydrogen) atoms. The number of piperidine rings is 1. The molecule has 2 heterocycles. The lowest BCUT2D eigenvalue weighted by Gasteiger charge is -2.35. The van der Waals surface area contributed by atoms with Gasteiger partial charge in [-0.3, -0.25) is 4.79 Å². The first-order chi connectivity index (χ1) is 15.8. The number of fused-ring (bicyclic) bond motifs is 1. The molecule has 4 rings (SSSR count). The van der Waals surface area contributed by atoms with E-state index in [1.54, 1.807) is 11.3 Å². The van der Waals surface area contributed by atoms with E-state index in [1.165, 1.54) is 10.3 Å². The van der Waals surface area contributed by atoms with Gasteiger partial charge in [0.1, 0.15) is 11.6 Å². The minimum atomic E-state index is -0.661. The van der Waals surface area contributed by atoms with E-state index >= 15 is 0 Å². The molecule has 5 nitrogen and oxygen atoms in total. The maximum absolute atomic E-state index is 13.6. The van der Waals surface area contributed by atoms with E-state index in [2.05, 4.69) is 47.1 Å². The minimum absolute atomic E-state index is 0.0392. The van der Waals surface area contributed by atoms with E-state index in [-0.39, 0.29) is 5.91 Å². The van der Waals surface area contributed by atoms with Gasteiger partial charge >= 0.3 is 6.09 Å². The van der Waals surface area contributed by atoms with Crippen molar-refractivity contribution in [2.45, 2.75) is 57.6 Å². The molecule has 1 aromatic heterocycles. The zero-order chi connectivity index (χ0) is 23.4. The number of alkyl carbamates (subject to hydrolysis) is 1. The highest BCUT2D eigenvalue weighted by Crippen LogP contribution is 2.30. The van der Waals surface area contributed by atoms with Crippen LogP contribution >= 0.6 is 11.3 Å². The molecule has 0 saturated carbocycles. The van der Waals surface area contributed by atoms with Crippen LogP contribution in [0.3, 0.4) is 0 Å². The Labute approximate surface area is 199 Å². The number of carbonyl (C=O) groups excluding carboxylic acids is 2. The Morgan fingerprint density at radius 1 is 1.06 bits per heavy atom. The molecule has 2 aromatic carbocycles. The number of nitrogens with zero attached hydrogens (tertiary/aromatic N) is 1. The lowest BCUT2D eigenvalue weighted by Crippen LogP contribution is -2.52. The van der Waals surface area contributed by atoms with Crippen LogP contribution in [0.15, 0.2) is 60.0 Å². The van der Waals surface area contributed by atoms with E-state index in [4.69, 9.17) is 4.74 Å². The van der Waals surface area contributed by atoms with Gasteiger partial charge in [0.15, 0.2) is 0 Å². The normalized spacial score (nSPS) is 15.9. The van der Waals surface area contributed by atoms with Gasteiger partial charge in [0.2, 0.25) is 5.91 Å². The fraction of sp³-hybridized carbons (Fsp3) is 0.407. The van der Waals surface area contributed by atoms with E-state index in [0.29, 0.717) is 25.4 Å². The summed E-state index contributed by atoms with van der Waals surface area (Å²) in [6.45, 7) is 6.85. The number of nitrogens with one attached hydrogen (secondary N) is 1. The SMILES string of the molecule is CC(C)(C)OC(=O)N[C@H](Cc1csc2ccccc12)C(=O)N1CCC(c2ccccc2)CC1. The molecule has 1 saturated heterocycles. The first kappa shape index (κ1) is 23.3. The van der Waals surface area contributed by atoms with Crippen molar-refractivity contribution in [1.29, 1.82) is 0 Å². The van der Waals surface area contributed by atoms with Crippen LogP contribution in [0.25, 0.3) is 10.1 Å². The van der Waals surface area contributed by atoms with Gasteiger partial charge in [0.25, 0.3) is 0 Å². The Morgan fingerprint density at radius 3 is 2.42 bits per heavy atom. The summed E-state index contributed by atoms with van der Waals surface area (Å²) >= 11 is 1.66. The molecule has 0 spiro atoms. The summed E-state index contributed by atoms with van der Waals surface area (Å²) in [7, 11) is 0. The summed E-state index contributed by atoms with van der Waals surface area (Å²) in [4.78, 5) is 28.0. The molecule has 2 amide bonds. The second kappa shape index (κ2) is 9.96. The molecule has 6 heteroatoms.